The Balaban J connectivity index is 1.29. The summed E-state index contributed by atoms with van der Waals surface area (Å²) in [4.78, 5) is 29.8. The van der Waals surface area contributed by atoms with Crippen LogP contribution in [0.2, 0.25) is 0 Å². The molecule has 0 spiro atoms. The molecule has 1 aliphatic carbocycles. The number of aliphatic imine (C=N–C) groups is 1. The molecule has 9 heteroatoms. The molecule has 2 atom stereocenters. The number of nitrogens with two attached hydrogens (primary N) is 1. The van der Waals surface area contributed by atoms with Crippen LogP contribution in [0.3, 0.4) is 0 Å². The van der Waals surface area contributed by atoms with Crippen LogP contribution in [0.4, 0.5) is 4.79 Å². The van der Waals surface area contributed by atoms with Crippen molar-refractivity contribution in [3.8, 4) is 5.75 Å². The number of carbonyl (C=O) groups excluding carboxylic acids is 2. The van der Waals surface area contributed by atoms with Crippen LogP contribution < -0.4 is 15.8 Å². The van der Waals surface area contributed by atoms with Crippen LogP contribution in [0.5, 0.6) is 5.75 Å². The van der Waals surface area contributed by atoms with Gasteiger partial charge in [-0.05, 0) is 88.1 Å². The number of fused-ring (bicyclic) bond motifs is 1. The first-order valence-electron chi connectivity index (χ1n) is 14.2. The first-order valence-corrected chi connectivity index (χ1v) is 14.2. The Hall–Kier alpha value is -3.59. The van der Waals surface area contributed by atoms with E-state index in [1.54, 1.807) is 6.92 Å². The van der Waals surface area contributed by atoms with Gasteiger partial charge in [0.15, 0.2) is 5.60 Å². The van der Waals surface area contributed by atoms with Crippen LogP contribution in [0.1, 0.15) is 70.6 Å². The molecule has 1 fully saturated rings. The van der Waals surface area contributed by atoms with E-state index in [2.05, 4.69) is 12.2 Å². The van der Waals surface area contributed by atoms with Gasteiger partial charge >= 0.3 is 12.1 Å². The van der Waals surface area contributed by atoms with E-state index >= 15 is 0 Å². The molecule has 4 rings (SSSR count). The molecule has 1 saturated carbocycles. The molecule has 2 aliphatic rings. The zero-order valence-corrected chi connectivity index (χ0v) is 25.0. The second kappa shape index (κ2) is 12.1. The van der Waals surface area contributed by atoms with Crippen molar-refractivity contribution in [1.82, 2.24) is 5.32 Å². The van der Waals surface area contributed by atoms with Crippen LogP contribution >= 0.6 is 0 Å². The van der Waals surface area contributed by atoms with Gasteiger partial charge in [-0.2, -0.15) is 0 Å². The van der Waals surface area contributed by atoms with Crippen molar-refractivity contribution in [2.24, 2.45) is 16.1 Å². The SMILES string of the molecule is CO[C@](C)(C(=O)OC(C)(C)C)[C@H]1CCc2cc(C(N)=NC3CC(C)(CNC(=O)OCc4ccccc4)C3)ccc2O1. The van der Waals surface area contributed by atoms with Crippen molar-refractivity contribution in [3.05, 3.63) is 65.2 Å². The highest BCUT2D eigenvalue weighted by Crippen LogP contribution is 2.42. The molecule has 0 bridgehead atoms. The third-order valence-corrected chi connectivity index (χ3v) is 7.79. The fraction of sp³-hybridized carbons (Fsp3) is 0.531. The average Bonchev–Trinajstić information content (AvgIpc) is 2.92. The zero-order chi connectivity index (χ0) is 29.8. The Morgan fingerprint density at radius 2 is 1.83 bits per heavy atom. The maximum absolute atomic E-state index is 12.9. The number of carbonyl (C=O) groups is 2. The van der Waals surface area contributed by atoms with Crippen LogP contribution in [0, 0.1) is 5.41 Å². The van der Waals surface area contributed by atoms with Crippen LogP contribution in [0.15, 0.2) is 53.5 Å². The van der Waals surface area contributed by atoms with Crippen molar-refractivity contribution < 1.29 is 28.5 Å². The van der Waals surface area contributed by atoms with Crippen LogP contribution in [-0.2, 0) is 32.0 Å². The van der Waals surface area contributed by atoms with Gasteiger partial charge in [0.2, 0.25) is 0 Å². The van der Waals surface area contributed by atoms with Crippen molar-refractivity contribution in [3.63, 3.8) is 0 Å². The number of amides is 1. The lowest BCUT2D eigenvalue weighted by molar-refractivity contribution is -0.190. The minimum absolute atomic E-state index is 0.0545. The molecule has 222 valence electrons. The molecule has 41 heavy (non-hydrogen) atoms. The third kappa shape index (κ3) is 7.58. The Bertz CT molecular complexity index is 1270. The fourth-order valence-corrected chi connectivity index (χ4v) is 5.31. The molecular weight excluding hydrogens is 522 g/mol. The molecule has 9 nitrogen and oxygen atoms in total. The molecule has 2 aromatic carbocycles. The highest BCUT2D eigenvalue weighted by atomic mass is 16.6. The minimum atomic E-state index is -1.23. The quantitative estimate of drug-likeness (QED) is 0.251. The second-order valence-corrected chi connectivity index (χ2v) is 12.6. The fourth-order valence-electron chi connectivity index (χ4n) is 5.31. The lowest BCUT2D eigenvalue weighted by Gasteiger charge is -2.43. The second-order valence-electron chi connectivity index (χ2n) is 12.6. The highest BCUT2D eigenvalue weighted by molar-refractivity contribution is 5.98. The highest BCUT2D eigenvalue weighted by Gasteiger charge is 2.47. The predicted octanol–water partition coefficient (Wildman–Crippen LogP) is 4.93. The number of amidine groups is 1. The van der Waals surface area contributed by atoms with Gasteiger partial charge < -0.3 is 30.0 Å². The number of alkyl carbamates (subject to hydrolysis) is 1. The largest absolute Gasteiger partial charge is 0.486 e. The first-order chi connectivity index (χ1) is 19.3. The van der Waals surface area contributed by atoms with Crippen molar-refractivity contribution in [2.45, 2.75) is 90.3 Å². The number of hydrogen-bond donors (Lipinski definition) is 2. The zero-order valence-electron chi connectivity index (χ0n) is 25.0. The summed E-state index contributed by atoms with van der Waals surface area (Å²) < 4.78 is 22.8. The summed E-state index contributed by atoms with van der Waals surface area (Å²) in [6.07, 6.45) is 2.04. The Morgan fingerprint density at radius 3 is 2.49 bits per heavy atom. The van der Waals surface area contributed by atoms with E-state index in [4.69, 9.17) is 29.7 Å². The molecule has 0 unspecified atom stereocenters. The van der Waals surface area contributed by atoms with Gasteiger partial charge in [-0.3, -0.25) is 4.99 Å². The first kappa shape index (κ1) is 30.4. The summed E-state index contributed by atoms with van der Waals surface area (Å²) in [5.74, 6) is 0.736. The van der Waals surface area contributed by atoms with Gasteiger partial charge in [-0.15, -0.1) is 0 Å². The number of methoxy groups -OCH3 is 1. The Labute approximate surface area is 242 Å². The number of hydrogen-bond acceptors (Lipinski definition) is 7. The monoisotopic (exact) mass is 565 g/mol. The third-order valence-electron chi connectivity index (χ3n) is 7.79. The van der Waals surface area contributed by atoms with E-state index in [0.29, 0.717) is 31.0 Å². The van der Waals surface area contributed by atoms with Crippen LogP contribution in [-0.4, -0.2) is 54.9 Å². The summed E-state index contributed by atoms with van der Waals surface area (Å²) >= 11 is 0. The van der Waals surface area contributed by atoms with Gasteiger partial charge in [-0.1, -0.05) is 37.3 Å². The summed E-state index contributed by atoms with van der Waals surface area (Å²) in [5.41, 5.74) is 7.29. The molecule has 1 amide bonds. The van der Waals surface area contributed by atoms with Gasteiger partial charge in [-0.25, -0.2) is 9.59 Å². The predicted molar refractivity (Wildman–Crippen MR) is 157 cm³/mol. The van der Waals surface area contributed by atoms with Crippen molar-refractivity contribution >= 4 is 17.9 Å². The number of nitrogens with zero attached hydrogens (tertiary/aromatic N) is 1. The minimum Gasteiger partial charge on any atom is -0.486 e. The maximum atomic E-state index is 12.9. The number of benzene rings is 2. The summed E-state index contributed by atoms with van der Waals surface area (Å²) in [7, 11) is 1.50. The van der Waals surface area contributed by atoms with E-state index in [-0.39, 0.29) is 18.1 Å². The lowest BCUT2D eigenvalue weighted by Crippen LogP contribution is -2.54. The van der Waals surface area contributed by atoms with Gasteiger partial charge in [0.1, 0.15) is 29.9 Å². The number of rotatable bonds is 9. The average molecular weight is 566 g/mol. The van der Waals surface area contributed by atoms with E-state index in [0.717, 1.165) is 29.5 Å². The van der Waals surface area contributed by atoms with E-state index < -0.39 is 29.4 Å². The summed E-state index contributed by atoms with van der Waals surface area (Å²) in [6, 6.07) is 15.5. The van der Waals surface area contributed by atoms with Gasteiger partial charge in [0, 0.05) is 19.2 Å². The molecule has 0 radical (unpaired) electrons. The van der Waals surface area contributed by atoms with E-state index in [1.807, 2.05) is 69.3 Å². The molecular formula is C32H43N3O6. The van der Waals surface area contributed by atoms with E-state index in [1.165, 1.54) is 7.11 Å². The smallest absolute Gasteiger partial charge is 0.407 e. The molecule has 1 heterocycles. The Kier molecular flexibility index (Phi) is 8.97. The summed E-state index contributed by atoms with van der Waals surface area (Å²) in [5, 5.41) is 2.88. The van der Waals surface area contributed by atoms with Crippen molar-refractivity contribution in [1.29, 1.82) is 0 Å². The maximum Gasteiger partial charge on any atom is 0.407 e. The lowest BCUT2D eigenvalue weighted by atomic mass is 9.67. The molecule has 1 aliphatic heterocycles. The number of nitrogens with one attached hydrogen (secondary N) is 1. The molecule has 2 aromatic rings. The summed E-state index contributed by atoms with van der Waals surface area (Å²) in [6.45, 7) is 10.1. The molecule has 3 N–H and O–H groups in total. The standard InChI is InChI=1S/C32H43N3O6/c1-30(2,3)41-28(36)32(5,38-6)26-15-13-22-16-23(12-14-25(22)40-26)27(33)35-24-17-31(4,18-24)20-34-29(37)39-19-21-10-8-7-9-11-21/h7-12,14,16,24,26H,13,15,17-20H2,1-6H3,(H2,33,35)(H,34,37)/t24?,26-,31?,32+/m1/s1. The molecule has 0 aromatic heterocycles. The normalized spacial score (nSPS) is 23.7. The Morgan fingerprint density at radius 1 is 1.12 bits per heavy atom. The van der Waals surface area contributed by atoms with E-state index in [9.17, 15) is 9.59 Å². The van der Waals surface area contributed by atoms with Crippen molar-refractivity contribution in [2.75, 3.05) is 13.7 Å². The topological polar surface area (TPSA) is 121 Å². The van der Waals surface area contributed by atoms with Gasteiger partial charge in [0.05, 0.1) is 6.04 Å². The number of ether oxygens (including phenoxy) is 4. The number of aryl methyl sites for hydroxylation is 1. The number of esters is 1. The van der Waals surface area contributed by atoms with Crippen LogP contribution in [0.25, 0.3) is 0 Å². The van der Waals surface area contributed by atoms with Gasteiger partial charge in [0.25, 0.3) is 0 Å². The molecule has 0 saturated heterocycles.